The van der Waals surface area contributed by atoms with Crippen LogP contribution in [0.3, 0.4) is 0 Å². The van der Waals surface area contributed by atoms with Gasteiger partial charge < -0.3 is 10.1 Å². The highest BCUT2D eigenvalue weighted by molar-refractivity contribution is 7.89. The van der Waals surface area contributed by atoms with Crippen molar-refractivity contribution in [3.63, 3.8) is 0 Å². The molecule has 0 unspecified atom stereocenters. The molecular weight excluding hydrogens is 328 g/mol. The Bertz CT molecular complexity index is 815. The maximum atomic E-state index is 12.2. The third-order valence-electron chi connectivity index (χ3n) is 3.17. The molecule has 0 bridgehead atoms. The van der Waals surface area contributed by atoms with E-state index in [4.69, 9.17) is 9.88 Å². The lowest BCUT2D eigenvalue weighted by Gasteiger charge is -2.11. The summed E-state index contributed by atoms with van der Waals surface area (Å²) >= 11 is 0. The molecule has 6 nitrogen and oxygen atoms in total. The summed E-state index contributed by atoms with van der Waals surface area (Å²) in [5.74, 6) is 0.398. The van der Waals surface area contributed by atoms with E-state index in [9.17, 15) is 13.2 Å². The Morgan fingerprint density at radius 1 is 1.17 bits per heavy atom. The highest BCUT2D eigenvalue weighted by Gasteiger charge is 2.09. The van der Waals surface area contributed by atoms with E-state index in [0.717, 1.165) is 5.56 Å². The number of hydrogen-bond acceptors (Lipinski definition) is 4. The fraction of sp³-hybridized carbons (Fsp3) is 0.235. The number of nitrogens with one attached hydrogen (secondary N) is 1. The first-order valence-electron chi connectivity index (χ1n) is 7.42. The molecule has 3 N–H and O–H groups in total. The quantitative estimate of drug-likeness (QED) is 0.834. The number of carbonyl (C=O) groups is 1. The smallest absolute Gasteiger partial charge is 0.251 e. The van der Waals surface area contributed by atoms with E-state index in [1.165, 1.54) is 12.1 Å². The minimum absolute atomic E-state index is 0.0284. The second kappa shape index (κ2) is 7.46. The van der Waals surface area contributed by atoms with Gasteiger partial charge >= 0.3 is 0 Å². The Balaban J connectivity index is 2.00. The zero-order chi connectivity index (χ0) is 17.7. The minimum Gasteiger partial charge on any atom is -0.491 e. The number of carbonyl (C=O) groups excluding carboxylic acids is 1. The average Bonchev–Trinajstić information content (AvgIpc) is 2.52. The first kappa shape index (κ1) is 18.0. The predicted octanol–water partition coefficient (Wildman–Crippen LogP) is 2.05. The number of amides is 1. The Morgan fingerprint density at radius 2 is 1.83 bits per heavy atom. The number of primary sulfonamides is 1. The van der Waals surface area contributed by atoms with Crippen LogP contribution in [-0.2, 0) is 16.6 Å². The molecule has 128 valence electrons. The Kier molecular flexibility index (Phi) is 5.58. The lowest BCUT2D eigenvalue weighted by molar-refractivity contribution is 0.0950. The number of sulfonamides is 1. The Hall–Kier alpha value is -2.38. The van der Waals surface area contributed by atoms with E-state index >= 15 is 0 Å². The van der Waals surface area contributed by atoms with Crippen LogP contribution in [0.4, 0.5) is 0 Å². The van der Waals surface area contributed by atoms with Gasteiger partial charge in [-0.15, -0.1) is 0 Å². The lowest BCUT2D eigenvalue weighted by Crippen LogP contribution is -2.23. The highest BCUT2D eigenvalue weighted by atomic mass is 32.2. The second-order valence-corrected chi connectivity index (χ2v) is 7.13. The van der Waals surface area contributed by atoms with Crippen molar-refractivity contribution in [1.82, 2.24) is 5.32 Å². The monoisotopic (exact) mass is 348 g/mol. The molecule has 2 aromatic rings. The van der Waals surface area contributed by atoms with Crippen molar-refractivity contribution in [2.75, 3.05) is 0 Å². The first-order valence-corrected chi connectivity index (χ1v) is 8.97. The summed E-state index contributed by atoms with van der Waals surface area (Å²) in [7, 11) is -3.71. The van der Waals surface area contributed by atoms with Crippen molar-refractivity contribution in [3.05, 3.63) is 59.7 Å². The van der Waals surface area contributed by atoms with Crippen LogP contribution < -0.4 is 15.2 Å². The van der Waals surface area contributed by atoms with E-state index in [1.54, 1.807) is 36.4 Å². The molecule has 0 spiro atoms. The summed E-state index contributed by atoms with van der Waals surface area (Å²) in [4.78, 5) is 12.2. The van der Waals surface area contributed by atoms with E-state index in [2.05, 4.69) is 5.32 Å². The van der Waals surface area contributed by atoms with Crippen molar-refractivity contribution in [2.24, 2.45) is 5.14 Å². The van der Waals surface area contributed by atoms with E-state index in [-0.39, 0.29) is 23.5 Å². The molecule has 0 atom stereocenters. The van der Waals surface area contributed by atoms with Crippen LogP contribution in [0.1, 0.15) is 29.8 Å². The molecule has 0 radical (unpaired) electrons. The molecule has 0 saturated heterocycles. The summed E-state index contributed by atoms with van der Waals surface area (Å²) in [6.07, 6.45) is 0.0284. The fourth-order valence-electron chi connectivity index (χ4n) is 2.06. The number of ether oxygens (including phenoxy) is 1. The summed E-state index contributed by atoms with van der Waals surface area (Å²) in [5.41, 5.74) is 1.26. The minimum atomic E-state index is -3.71. The number of rotatable bonds is 6. The molecule has 0 aliphatic heterocycles. The third-order valence-corrected chi connectivity index (χ3v) is 4.10. The normalized spacial score (nSPS) is 11.3. The molecule has 2 rings (SSSR count). The standard InChI is InChI=1S/C17H20N2O4S/c1-12(2)23-15-5-3-4-14(10-15)17(20)19-11-13-6-8-16(9-7-13)24(18,21)22/h3-10,12H,11H2,1-2H3,(H,19,20)(H2,18,21,22). The van der Waals surface area contributed by atoms with E-state index in [1.807, 2.05) is 13.8 Å². The van der Waals surface area contributed by atoms with Crippen LogP contribution in [0, 0.1) is 0 Å². The molecule has 0 saturated carbocycles. The van der Waals surface area contributed by atoms with Crippen molar-refractivity contribution < 1.29 is 17.9 Å². The van der Waals surface area contributed by atoms with E-state index in [0.29, 0.717) is 11.3 Å². The van der Waals surface area contributed by atoms with Gasteiger partial charge in [0.25, 0.3) is 5.91 Å². The van der Waals surface area contributed by atoms with Gasteiger partial charge in [0.1, 0.15) is 5.75 Å². The highest BCUT2D eigenvalue weighted by Crippen LogP contribution is 2.15. The topological polar surface area (TPSA) is 98.5 Å². The van der Waals surface area contributed by atoms with Crippen molar-refractivity contribution >= 4 is 15.9 Å². The van der Waals surface area contributed by atoms with Gasteiger partial charge in [0.2, 0.25) is 10.0 Å². The van der Waals surface area contributed by atoms with Crippen LogP contribution >= 0.6 is 0 Å². The Labute approximate surface area is 141 Å². The molecule has 1 amide bonds. The number of benzene rings is 2. The Morgan fingerprint density at radius 3 is 2.42 bits per heavy atom. The van der Waals surface area contributed by atoms with Crippen LogP contribution in [0.25, 0.3) is 0 Å². The van der Waals surface area contributed by atoms with Crippen LogP contribution in [0.5, 0.6) is 5.75 Å². The van der Waals surface area contributed by atoms with Gasteiger partial charge in [-0.05, 0) is 49.7 Å². The van der Waals surface area contributed by atoms with Gasteiger partial charge in [-0.2, -0.15) is 0 Å². The molecule has 0 aliphatic carbocycles. The van der Waals surface area contributed by atoms with Gasteiger partial charge in [0, 0.05) is 12.1 Å². The van der Waals surface area contributed by atoms with Gasteiger partial charge in [0.05, 0.1) is 11.0 Å². The number of nitrogens with two attached hydrogens (primary N) is 1. The number of hydrogen-bond donors (Lipinski definition) is 2. The SMILES string of the molecule is CC(C)Oc1cccc(C(=O)NCc2ccc(S(N)(=O)=O)cc2)c1. The molecule has 24 heavy (non-hydrogen) atoms. The lowest BCUT2D eigenvalue weighted by atomic mass is 10.2. The molecule has 0 fully saturated rings. The van der Waals surface area contributed by atoms with Gasteiger partial charge in [0.15, 0.2) is 0 Å². The van der Waals surface area contributed by atoms with Crippen molar-refractivity contribution in [3.8, 4) is 5.75 Å². The van der Waals surface area contributed by atoms with Gasteiger partial charge in [-0.3, -0.25) is 4.79 Å². The summed E-state index contributed by atoms with van der Waals surface area (Å²) < 4.78 is 28.0. The summed E-state index contributed by atoms with van der Waals surface area (Å²) in [5, 5.41) is 7.82. The largest absolute Gasteiger partial charge is 0.491 e. The van der Waals surface area contributed by atoms with E-state index < -0.39 is 10.0 Å². The van der Waals surface area contributed by atoms with Gasteiger partial charge in [-0.25, -0.2) is 13.6 Å². The molecule has 0 heterocycles. The fourth-order valence-corrected chi connectivity index (χ4v) is 2.58. The zero-order valence-electron chi connectivity index (χ0n) is 13.5. The summed E-state index contributed by atoms with van der Waals surface area (Å²) in [6, 6.07) is 13.0. The molecule has 2 aromatic carbocycles. The maximum Gasteiger partial charge on any atom is 0.251 e. The van der Waals surface area contributed by atoms with Crippen molar-refractivity contribution in [1.29, 1.82) is 0 Å². The first-order chi connectivity index (χ1) is 11.3. The maximum absolute atomic E-state index is 12.2. The zero-order valence-corrected chi connectivity index (χ0v) is 14.3. The average molecular weight is 348 g/mol. The second-order valence-electron chi connectivity index (χ2n) is 5.57. The van der Waals surface area contributed by atoms with Crippen molar-refractivity contribution in [2.45, 2.75) is 31.4 Å². The van der Waals surface area contributed by atoms with Gasteiger partial charge in [-0.1, -0.05) is 18.2 Å². The third kappa shape index (κ3) is 5.07. The van der Waals surface area contributed by atoms with Crippen LogP contribution in [-0.4, -0.2) is 20.4 Å². The summed E-state index contributed by atoms with van der Waals surface area (Å²) in [6.45, 7) is 4.11. The molecular formula is C17H20N2O4S. The van der Waals surface area contributed by atoms with Crippen LogP contribution in [0.15, 0.2) is 53.4 Å². The van der Waals surface area contributed by atoms with Crippen LogP contribution in [0.2, 0.25) is 0 Å². The molecule has 0 aliphatic rings. The molecule has 7 heteroatoms. The predicted molar refractivity (Wildman–Crippen MR) is 91.2 cm³/mol. The molecule has 0 aromatic heterocycles.